The number of rotatable bonds is 13. The van der Waals surface area contributed by atoms with Gasteiger partial charge in [-0.15, -0.1) is 16.9 Å². The fraction of sp³-hybridized carbons (Fsp3) is 0.467. The topological polar surface area (TPSA) is 100 Å². The van der Waals surface area contributed by atoms with E-state index in [2.05, 4.69) is 34.6 Å². The van der Waals surface area contributed by atoms with Crippen LogP contribution in [0.15, 0.2) is 59.6 Å². The highest BCUT2D eigenvalue weighted by Crippen LogP contribution is 2.28. The van der Waals surface area contributed by atoms with Gasteiger partial charge in [0, 0.05) is 36.2 Å². The van der Waals surface area contributed by atoms with Crippen LogP contribution in [0.25, 0.3) is 5.69 Å². The zero-order chi connectivity index (χ0) is 27.5. The molecule has 1 heterocycles. The standard InChI is InChI=1S/C30H39N5O3S/c1-34(29(36)14-7-3-6-11-23-9-4-2-5-10-23)20-24-15-17-28(18-16-24)39-22-26-21-35(33-31-26)27-13-8-12-25(19-27)30(37)32-38/h8,12-13,15-19,21,23,38H,2-7,9-11,14,20,22H2,1H3,(H,32,37). The Labute approximate surface area is 235 Å². The molecule has 1 aromatic heterocycles. The van der Waals surface area contributed by atoms with Crippen molar-refractivity contribution in [1.29, 1.82) is 0 Å². The van der Waals surface area contributed by atoms with Gasteiger partial charge in [0.1, 0.15) is 0 Å². The van der Waals surface area contributed by atoms with E-state index in [1.807, 2.05) is 24.2 Å². The molecule has 3 aromatic rings. The molecule has 1 fully saturated rings. The summed E-state index contributed by atoms with van der Waals surface area (Å²) in [5, 5.41) is 17.2. The molecule has 2 amide bonds. The van der Waals surface area contributed by atoms with Crippen LogP contribution in [0.3, 0.4) is 0 Å². The van der Waals surface area contributed by atoms with Crippen LogP contribution < -0.4 is 5.48 Å². The molecule has 0 aliphatic heterocycles. The Morgan fingerprint density at radius 3 is 2.64 bits per heavy atom. The Morgan fingerprint density at radius 1 is 1.08 bits per heavy atom. The van der Waals surface area contributed by atoms with Crippen molar-refractivity contribution in [1.82, 2.24) is 25.4 Å². The lowest BCUT2D eigenvalue weighted by atomic mass is 9.85. The van der Waals surface area contributed by atoms with Gasteiger partial charge in [-0.05, 0) is 48.2 Å². The number of unbranched alkanes of at least 4 members (excludes halogenated alkanes) is 2. The van der Waals surface area contributed by atoms with E-state index in [0.29, 0.717) is 30.0 Å². The summed E-state index contributed by atoms with van der Waals surface area (Å²) in [6, 6.07) is 15.1. The minimum absolute atomic E-state index is 0.219. The number of aromatic nitrogens is 3. The van der Waals surface area contributed by atoms with Gasteiger partial charge in [0.2, 0.25) is 5.91 Å². The Balaban J connectivity index is 1.17. The predicted molar refractivity (Wildman–Crippen MR) is 153 cm³/mol. The predicted octanol–water partition coefficient (Wildman–Crippen LogP) is 6.17. The maximum absolute atomic E-state index is 12.6. The van der Waals surface area contributed by atoms with Crippen molar-refractivity contribution in [3.8, 4) is 5.69 Å². The third-order valence-corrected chi connectivity index (χ3v) is 8.44. The highest BCUT2D eigenvalue weighted by atomic mass is 32.2. The average Bonchev–Trinajstić information content (AvgIpc) is 3.46. The van der Waals surface area contributed by atoms with E-state index in [9.17, 15) is 9.59 Å². The average molecular weight is 550 g/mol. The molecule has 0 bridgehead atoms. The summed E-state index contributed by atoms with van der Waals surface area (Å²) in [6.45, 7) is 0.619. The van der Waals surface area contributed by atoms with Crippen molar-refractivity contribution in [3.63, 3.8) is 0 Å². The summed E-state index contributed by atoms with van der Waals surface area (Å²) in [6.07, 6.45) is 14.2. The van der Waals surface area contributed by atoms with Crippen molar-refractivity contribution in [2.45, 2.75) is 81.4 Å². The highest BCUT2D eigenvalue weighted by Gasteiger charge is 2.14. The Morgan fingerprint density at radius 2 is 1.87 bits per heavy atom. The van der Waals surface area contributed by atoms with Crippen molar-refractivity contribution < 1.29 is 14.8 Å². The number of hydroxylamine groups is 1. The van der Waals surface area contributed by atoms with Gasteiger partial charge in [-0.2, -0.15) is 0 Å². The number of hydrogen-bond acceptors (Lipinski definition) is 6. The maximum Gasteiger partial charge on any atom is 0.274 e. The van der Waals surface area contributed by atoms with Gasteiger partial charge in [0.25, 0.3) is 5.91 Å². The lowest BCUT2D eigenvalue weighted by Crippen LogP contribution is -2.25. The van der Waals surface area contributed by atoms with Crippen LogP contribution in [-0.2, 0) is 17.1 Å². The fourth-order valence-electron chi connectivity index (χ4n) is 5.11. The number of carbonyl (C=O) groups excluding carboxylic acids is 2. The molecule has 0 radical (unpaired) electrons. The molecule has 2 N–H and O–H groups in total. The molecule has 1 aliphatic rings. The second kappa shape index (κ2) is 14.8. The largest absolute Gasteiger partial charge is 0.341 e. The Bertz CT molecular complexity index is 1210. The molecule has 0 atom stereocenters. The number of amides is 2. The third-order valence-electron chi connectivity index (χ3n) is 7.40. The van der Waals surface area contributed by atoms with E-state index < -0.39 is 5.91 Å². The number of carbonyl (C=O) groups is 2. The van der Waals surface area contributed by atoms with Crippen molar-refractivity contribution >= 4 is 23.6 Å². The molecule has 2 aromatic carbocycles. The Hall–Kier alpha value is -3.17. The molecule has 0 unspecified atom stereocenters. The molecule has 9 heteroatoms. The summed E-state index contributed by atoms with van der Waals surface area (Å²) in [5.41, 5.74) is 4.58. The molecule has 0 saturated heterocycles. The number of benzene rings is 2. The number of nitrogens with zero attached hydrogens (tertiary/aromatic N) is 4. The van der Waals surface area contributed by atoms with Gasteiger partial charge >= 0.3 is 0 Å². The first-order valence-corrected chi connectivity index (χ1v) is 14.9. The first-order valence-electron chi connectivity index (χ1n) is 13.9. The van der Waals surface area contributed by atoms with Crippen LogP contribution in [0.1, 0.15) is 85.8 Å². The second-order valence-corrected chi connectivity index (χ2v) is 11.5. The summed E-state index contributed by atoms with van der Waals surface area (Å²) >= 11 is 1.66. The fourth-order valence-corrected chi connectivity index (χ4v) is 5.88. The van der Waals surface area contributed by atoms with Gasteiger partial charge in [0.15, 0.2) is 0 Å². The van der Waals surface area contributed by atoms with Crippen LogP contribution in [0.4, 0.5) is 0 Å². The van der Waals surface area contributed by atoms with E-state index in [1.165, 1.54) is 44.9 Å². The van der Waals surface area contributed by atoms with E-state index >= 15 is 0 Å². The first-order chi connectivity index (χ1) is 19.0. The molecular formula is C30H39N5O3S. The van der Waals surface area contributed by atoms with E-state index in [4.69, 9.17) is 5.21 Å². The van der Waals surface area contributed by atoms with E-state index in [0.717, 1.165) is 34.9 Å². The smallest absolute Gasteiger partial charge is 0.274 e. The zero-order valence-electron chi connectivity index (χ0n) is 22.7. The van der Waals surface area contributed by atoms with Crippen LogP contribution in [0.2, 0.25) is 0 Å². The minimum atomic E-state index is -0.577. The summed E-state index contributed by atoms with van der Waals surface area (Å²) < 4.78 is 1.61. The SMILES string of the molecule is CN(Cc1ccc(SCc2cn(-c3cccc(C(=O)NO)c3)nn2)cc1)C(=O)CCCCCC1CCCCC1. The molecular weight excluding hydrogens is 510 g/mol. The van der Waals surface area contributed by atoms with Crippen LogP contribution in [0.5, 0.6) is 0 Å². The summed E-state index contributed by atoms with van der Waals surface area (Å²) in [5.74, 6) is 1.22. The second-order valence-electron chi connectivity index (χ2n) is 10.4. The lowest BCUT2D eigenvalue weighted by Gasteiger charge is -2.21. The zero-order valence-corrected chi connectivity index (χ0v) is 23.5. The van der Waals surface area contributed by atoms with E-state index in [1.54, 1.807) is 40.1 Å². The van der Waals surface area contributed by atoms with Crippen molar-refractivity contribution in [3.05, 3.63) is 71.5 Å². The highest BCUT2D eigenvalue weighted by molar-refractivity contribution is 7.98. The monoisotopic (exact) mass is 549 g/mol. The Kier molecular flexibility index (Phi) is 11.0. The van der Waals surface area contributed by atoms with Crippen molar-refractivity contribution in [2.24, 2.45) is 5.92 Å². The molecule has 208 valence electrons. The quantitative estimate of drug-likeness (QED) is 0.114. The molecule has 4 rings (SSSR count). The van der Waals surface area contributed by atoms with E-state index in [-0.39, 0.29) is 5.91 Å². The normalized spacial score (nSPS) is 13.8. The van der Waals surface area contributed by atoms with Gasteiger partial charge in [-0.25, -0.2) is 10.2 Å². The lowest BCUT2D eigenvalue weighted by molar-refractivity contribution is -0.130. The number of hydrogen-bond donors (Lipinski definition) is 2. The molecule has 1 aliphatic carbocycles. The first kappa shape index (κ1) is 28.8. The van der Waals surface area contributed by atoms with Gasteiger partial charge < -0.3 is 4.90 Å². The van der Waals surface area contributed by atoms with Crippen LogP contribution in [0, 0.1) is 5.92 Å². The number of thioether (sulfide) groups is 1. The van der Waals surface area contributed by atoms with Crippen molar-refractivity contribution in [2.75, 3.05) is 7.05 Å². The van der Waals surface area contributed by atoms with Gasteiger partial charge in [0.05, 0.1) is 17.6 Å². The van der Waals surface area contributed by atoms with Gasteiger partial charge in [-0.1, -0.05) is 74.8 Å². The molecule has 8 nitrogen and oxygen atoms in total. The minimum Gasteiger partial charge on any atom is -0.341 e. The van der Waals surface area contributed by atoms with Gasteiger partial charge in [-0.3, -0.25) is 14.8 Å². The van der Waals surface area contributed by atoms with Crippen LogP contribution >= 0.6 is 11.8 Å². The maximum atomic E-state index is 12.6. The molecule has 0 spiro atoms. The molecule has 39 heavy (non-hydrogen) atoms. The number of nitrogens with one attached hydrogen (secondary N) is 1. The summed E-state index contributed by atoms with van der Waals surface area (Å²) in [7, 11) is 1.89. The van der Waals surface area contributed by atoms with Crippen LogP contribution in [-0.4, -0.2) is 44.0 Å². The third kappa shape index (κ3) is 8.93. The summed E-state index contributed by atoms with van der Waals surface area (Å²) in [4.78, 5) is 27.2. The molecule has 1 saturated carbocycles.